The third-order valence-corrected chi connectivity index (χ3v) is 3.17. The second-order valence-electron chi connectivity index (χ2n) is 4.81. The largest absolute Gasteiger partial charge is 0.311 e. The normalized spacial score (nSPS) is 24.4. The van der Waals surface area contributed by atoms with Gasteiger partial charge in [0.15, 0.2) is 0 Å². The Morgan fingerprint density at radius 2 is 2.14 bits per heavy atom. The van der Waals surface area contributed by atoms with Crippen molar-refractivity contribution in [2.75, 3.05) is 26.2 Å². The minimum absolute atomic E-state index is 0.713. The lowest BCUT2D eigenvalue weighted by atomic mass is 10.0. The lowest BCUT2D eigenvalue weighted by Gasteiger charge is -2.35. The lowest BCUT2D eigenvalue weighted by Crippen LogP contribution is -2.52. The Balaban J connectivity index is 2.19. The molecule has 1 atom stereocenters. The van der Waals surface area contributed by atoms with Gasteiger partial charge in [-0.25, -0.2) is 0 Å². The lowest BCUT2D eigenvalue weighted by molar-refractivity contribution is 0.172. The molecule has 0 amide bonds. The number of hydrogen-bond donors (Lipinski definition) is 1. The molecule has 2 nitrogen and oxygen atoms in total. The summed E-state index contributed by atoms with van der Waals surface area (Å²) in [6, 6.07) is 0.713. The zero-order valence-corrected chi connectivity index (χ0v) is 10.1. The van der Waals surface area contributed by atoms with Crippen molar-refractivity contribution in [1.82, 2.24) is 10.2 Å². The first kappa shape index (κ1) is 12.0. The first-order chi connectivity index (χ1) is 6.74. The topological polar surface area (TPSA) is 15.3 Å². The van der Waals surface area contributed by atoms with Crippen LogP contribution in [0.5, 0.6) is 0 Å². The summed E-state index contributed by atoms with van der Waals surface area (Å²) in [5, 5.41) is 3.60. The molecule has 0 aliphatic carbocycles. The summed E-state index contributed by atoms with van der Waals surface area (Å²) in [4.78, 5) is 2.62. The molecule has 84 valence electrons. The van der Waals surface area contributed by atoms with Crippen molar-refractivity contribution in [1.29, 1.82) is 0 Å². The number of unbranched alkanes of at least 4 members (excludes halogenated alkanes) is 2. The molecular formula is C12H26N2. The number of nitrogens with zero attached hydrogens (tertiary/aromatic N) is 1. The Morgan fingerprint density at radius 1 is 1.36 bits per heavy atom. The molecule has 1 heterocycles. The van der Waals surface area contributed by atoms with E-state index < -0.39 is 0 Å². The highest BCUT2D eigenvalue weighted by atomic mass is 15.2. The Labute approximate surface area is 89.1 Å². The standard InChI is InChI=1S/C12H26N2/c1-4-5-6-8-14-9-7-13-12(10-14)11(2)3/h11-13H,4-10H2,1-3H3. The van der Waals surface area contributed by atoms with Crippen LogP contribution in [0.3, 0.4) is 0 Å². The van der Waals surface area contributed by atoms with Gasteiger partial charge in [-0.1, -0.05) is 33.6 Å². The highest BCUT2D eigenvalue weighted by Gasteiger charge is 2.20. The van der Waals surface area contributed by atoms with E-state index in [4.69, 9.17) is 0 Å². The molecule has 0 aromatic heterocycles. The Morgan fingerprint density at radius 3 is 2.79 bits per heavy atom. The van der Waals surface area contributed by atoms with E-state index in [-0.39, 0.29) is 0 Å². The highest BCUT2D eigenvalue weighted by Crippen LogP contribution is 2.09. The Bertz CT molecular complexity index is 145. The molecule has 14 heavy (non-hydrogen) atoms. The van der Waals surface area contributed by atoms with E-state index in [9.17, 15) is 0 Å². The second kappa shape index (κ2) is 6.41. The fourth-order valence-electron chi connectivity index (χ4n) is 2.08. The Hall–Kier alpha value is -0.0800. The van der Waals surface area contributed by atoms with Crippen LogP contribution < -0.4 is 5.32 Å². The molecule has 0 radical (unpaired) electrons. The van der Waals surface area contributed by atoms with Crippen molar-refractivity contribution in [3.63, 3.8) is 0 Å². The van der Waals surface area contributed by atoms with Crippen LogP contribution >= 0.6 is 0 Å². The predicted octanol–water partition coefficient (Wildman–Crippen LogP) is 2.11. The SMILES string of the molecule is CCCCCN1CCNC(C(C)C)C1. The molecule has 1 fully saturated rings. The maximum atomic E-state index is 3.60. The summed E-state index contributed by atoms with van der Waals surface area (Å²) in [5.74, 6) is 0.768. The number of hydrogen-bond acceptors (Lipinski definition) is 2. The summed E-state index contributed by atoms with van der Waals surface area (Å²) >= 11 is 0. The van der Waals surface area contributed by atoms with Gasteiger partial charge < -0.3 is 10.2 Å². The fraction of sp³-hybridized carbons (Fsp3) is 1.00. The molecule has 1 saturated heterocycles. The summed E-state index contributed by atoms with van der Waals surface area (Å²) in [7, 11) is 0. The molecule has 1 N–H and O–H groups in total. The zero-order chi connectivity index (χ0) is 10.4. The van der Waals surface area contributed by atoms with Crippen LogP contribution in [0.1, 0.15) is 40.0 Å². The number of nitrogens with one attached hydrogen (secondary N) is 1. The summed E-state index contributed by atoms with van der Waals surface area (Å²) < 4.78 is 0. The van der Waals surface area contributed by atoms with Crippen LogP contribution in [0.25, 0.3) is 0 Å². The van der Waals surface area contributed by atoms with E-state index in [0.29, 0.717) is 6.04 Å². The van der Waals surface area contributed by atoms with Gasteiger partial charge in [-0.05, 0) is 18.9 Å². The average molecular weight is 198 g/mol. The monoisotopic (exact) mass is 198 g/mol. The smallest absolute Gasteiger partial charge is 0.0218 e. The van der Waals surface area contributed by atoms with Crippen LogP contribution in [-0.2, 0) is 0 Å². The quantitative estimate of drug-likeness (QED) is 0.681. The molecule has 0 saturated carbocycles. The van der Waals surface area contributed by atoms with Crippen molar-refractivity contribution in [3.8, 4) is 0 Å². The van der Waals surface area contributed by atoms with Crippen LogP contribution in [-0.4, -0.2) is 37.1 Å². The first-order valence-corrected chi connectivity index (χ1v) is 6.19. The van der Waals surface area contributed by atoms with E-state index in [0.717, 1.165) is 5.92 Å². The highest BCUT2D eigenvalue weighted by molar-refractivity contribution is 4.80. The van der Waals surface area contributed by atoms with Crippen molar-refractivity contribution in [3.05, 3.63) is 0 Å². The minimum Gasteiger partial charge on any atom is -0.311 e. The van der Waals surface area contributed by atoms with E-state index in [1.54, 1.807) is 0 Å². The van der Waals surface area contributed by atoms with Gasteiger partial charge in [0, 0.05) is 25.7 Å². The molecule has 2 heteroatoms. The van der Waals surface area contributed by atoms with E-state index in [1.807, 2.05) is 0 Å². The van der Waals surface area contributed by atoms with Gasteiger partial charge in [-0.15, -0.1) is 0 Å². The first-order valence-electron chi connectivity index (χ1n) is 6.19. The zero-order valence-electron chi connectivity index (χ0n) is 10.1. The molecule has 0 aromatic rings. The van der Waals surface area contributed by atoms with Crippen molar-refractivity contribution >= 4 is 0 Å². The van der Waals surface area contributed by atoms with Crippen molar-refractivity contribution in [2.24, 2.45) is 5.92 Å². The molecule has 0 bridgehead atoms. The maximum Gasteiger partial charge on any atom is 0.0218 e. The van der Waals surface area contributed by atoms with Crippen LogP contribution in [0.2, 0.25) is 0 Å². The Kier molecular flexibility index (Phi) is 5.49. The van der Waals surface area contributed by atoms with E-state index >= 15 is 0 Å². The molecule has 0 spiro atoms. The number of piperazine rings is 1. The van der Waals surface area contributed by atoms with Crippen molar-refractivity contribution < 1.29 is 0 Å². The molecule has 1 aliphatic heterocycles. The predicted molar refractivity (Wildman–Crippen MR) is 62.6 cm³/mol. The van der Waals surface area contributed by atoms with Gasteiger partial charge in [0.1, 0.15) is 0 Å². The molecule has 1 aliphatic rings. The minimum atomic E-state index is 0.713. The van der Waals surface area contributed by atoms with Gasteiger partial charge in [0.2, 0.25) is 0 Å². The molecular weight excluding hydrogens is 172 g/mol. The van der Waals surface area contributed by atoms with Gasteiger partial charge in [-0.2, -0.15) is 0 Å². The average Bonchev–Trinajstić information content (AvgIpc) is 2.19. The maximum absolute atomic E-state index is 3.60. The van der Waals surface area contributed by atoms with E-state index in [1.165, 1.54) is 45.4 Å². The third-order valence-electron chi connectivity index (χ3n) is 3.17. The summed E-state index contributed by atoms with van der Waals surface area (Å²) in [6.45, 7) is 11.9. The van der Waals surface area contributed by atoms with Crippen LogP contribution in [0.15, 0.2) is 0 Å². The van der Waals surface area contributed by atoms with Crippen LogP contribution in [0.4, 0.5) is 0 Å². The van der Waals surface area contributed by atoms with Gasteiger partial charge in [-0.3, -0.25) is 0 Å². The molecule has 1 rings (SSSR count). The third kappa shape index (κ3) is 3.97. The fourth-order valence-corrected chi connectivity index (χ4v) is 2.08. The van der Waals surface area contributed by atoms with Gasteiger partial charge in [0.25, 0.3) is 0 Å². The molecule has 0 aromatic carbocycles. The number of rotatable bonds is 5. The van der Waals surface area contributed by atoms with Crippen LogP contribution in [0, 0.1) is 5.92 Å². The van der Waals surface area contributed by atoms with Crippen molar-refractivity contribution in [2.45, 2.75) is 46.1 Å². The second-order valence-corrected chi connectivity index (χ2v) is 4.81. The molecule has 1 unspecified atom stereocenters. The van der Waals surface area contributed by atoms with Gasteiger partial charge in [0.05, 0.1) is 0 Å². The van der Waals surface area contributed by atoms with Gasteiger partial charge >= 0.3 is 0 Å². The summed E-state index contributed by atoms with van der Waals surface area (Å²) in [5.41, 5.74) is 0. The summed E-state index contributed by atoms with van der Waals surface area (Å²) in [6.07, 6.45) is 4.09. The van der Waals surface area contributed by atoms with E-state index in [2.05, 4.69) is 31.0 Å².